The molecule has 1 fully saturated rings. The van der Waals surface area contributed by atoms with Crippen molar-refractivity contribution in [3.8, 4) is 0 Å². The highest BCUT2D eigenvalue weighted by Crippen LogP contribution is 2.50. The quantitative estimate of drug-likeness (QED) is 0.583. The molecule has 1 aliphatic rings. The Hall–Kier alpha value is -0.780. The van der Waals surface area contributed by atoms with Crippen LogP contribution in [0.4, 0.5) is 0 Å². The molecule has 0 heterocycles. The zero-order valence-electron chi connectivity index (χ0n) is 9.78. The van der Waals surface area contributed by atoms with Gasteiger partial charge in [-0.1, -0.05) is 62.9 Å². The first-order valence-corrected chi connectivity index (χ1v) is 6.46. The molecule has 0 spiro atoms. The Kier molecular flexibility index (Phi) is 3.82. The molecule has 0 nitrogen and oxygen atoms in total. The van der Waals surface area contributed by atoms with Crippen LogP contribution >= 0.6 is 0 Å². The molecule has 0 aromatic heterocycles. The molecule has 0 radical (unpaired) electrons. The van der Waals surface area contributed by atoms with Gasteiger partial charge < -0.3 is 0 Å². The lowest BCUT2D eigenvalue weighted by Gasteiger charge is -2.00. The van der Waals surface area contributed by atoms with Gasteiger partial charge in [0, 0.05) is 0 Å². The predicted octanol–water partition coefficient (Wildman–Crippen LogP) is 4.76. The molecule has 1 aliphatic carbocycles. The van der Waals surface area contributed by atoms with Crippen LogP contribution in [-0.2, 0) is 0 Å². The first-order valence-electron chi connectivity index (χ1n) is 6.46. The van der Waals surface area contributed by atoms with E-state index in [-0.39, 0.29) is 0 Å². The highest BCUT2D eigenvalue weighted by molar-refractivity contribution is 5.25. The molecule has 0 unspecified atom stereocenters. The van der Waals surface area contributed by atoms with Gasteiger partial charge in [-0.25, -0.2) is 0 Å². The lowest BCUT2D eigenvalue weighted by atomic mass is 10.1. The fourth-order valence-electron chi connectivity index (χ4n) is 2.51. The van der Waals surface area contributed by atoms with Crippen molar-refractivity contribution in [2.75, 3.05) is 0 Å². The molecule has 1 saturated carbocycles. The SMILES string of the molecule is CCCCCC[C@H]1C[C@@H]1c1ccccc1. The van der Waals surface area contributed by atoms with Gasteiger partial charge >= 0.3 is 0 Å². The second-order valence-corrected chi connectivity index (χ2v) is 4.86. The van der Waals surface area contributed by atoms with E-state index in [1.165, 1.54) is 38.5 Å². The van der Waals surface area contributed by atoms with Crippen molar-refractivity contribution in [2.24, 2.45) is 5.92 Å². The average Bonchev–Trinajstić information content (AvgIpc) is 3.05. The fourth-order valence-corrected chi connectivity index (χ4v) is 2.51. The molecule has 0 heteroatoms. The second kappa shape index (κ2) is 5.34. The van der Waals surface area contributed by atoms with E-state index in [1.54, 1.807) is 5.56 Å². The van der Waals surface area contributed by atoms with Gasteiger partial charge in [-0.3, -0.25) is 0 Å². The molecule has 1 aromatic carbocycles. The topological polar surface area (TPSA) is 0 Å². The molecule has 0 saturated heterocycles. The third-order valence-electron chi connectivity index (χ3n) is 3.58. The standard InChI is InChI=1S/C15H22/c1-2-3-4-6-11-14-12-15(14)13-9-7-5-8-10-13/h5,7-10,14-15H,2-4,6,11-12H2,1H3/t14-,15+/m0/s1. The Balaban J connectivity index is 1.68. The van der Waals surface area contributed by atoms with Crippen molar-refractivity contribution in [3.05, 3.63) is 35.9 Å². The maximum absolute atomic E-state index is 2.29. The summed E-state index contributed by atoms with van der Waals surface area (Å²) in [4.78, 5) is 0. The van der Waals surface area contributed by atoms with Gasteiger partial charge in [0.25, 0.3) is 0 Å². The smallest absolute Gasteiger partial charge is 0.0131 e. The summed E-state index contributed by atoms with van der Waals surface area (Å²) < 4.78 is 0. The molecule has 82 valence electrons. The highest BCUT2D eigenvalue weighted by Gasteiger charge is 2.36. The number of unbranched alkanes of at least 4 members (excludes halogenated alkanes) is 3. The zero-order chi connectivity index (χ0) is 10.5. The van der Waals surface area contributed by atoms with Crippen LogP contribution in [0.15, 0.2) is 30.3 Å². The van der Waals surface area contributed by atoms with Crippen molar-refractivity contribution in [1.82, 2.24) is 0 Å². The van der Waals surface area contributed by atoms with E-state index in [2.05, 4.69) is 37.3 Å². The fraction of sp³-hybridized carbons (Fsp3) is 0.600. The summed E-state index contributed by atoms with van der Waals surface area (Å²) in [6.45, 7) is 2.28. The largest absolute Gasteiger partial charge is 0.0654 e. The van der Waals surface area contributed by atoms with Gasteiger partial charge in [0.15, 0.2) is 0 Å². The third-order valence-corrected chi connectivity index (χ3v) is 3.58. The van der Waals surface area contributed by atoms with E-state index in [0.717, 1.165) is 11.8 Å². The van der Waals surface area contributed by atoms with Crippen LogP contribution in [0.25, 0.3) is 0 Å². The molecule has 15 heavy (non-hydrogen) atoms. The van der Waals surface area contributed by atoms with Gasteiger partial charge in [-0.2, -0.15) is 0 Å². The molecule has 0 aliphatic heterocycles. The Morgan fingerprint density at radius 2 is 1.87 bits per heavy atom. The maximum Gasteiger partial charge on any atom is -0.0131 e. The first kappa shape index (κ1) is 10.7. The number of hydrogen-bond donors (Lipinski definition) is 0. The van der Waals surface area contributed by atoms with E-state index in [9.17, 15) is 0 Å². The summed E-state index contributed by atoms with van der Waals surface area (Å²) in [6, 6.07) is 11.0. The normalized spacial score (nSPS) is 24.1. The minimum absolute atomic E-state index is 0.896. The maximum atomic E-state index is 2.29. The van der Waals surface area contributed by atoms with Crippen LogP contribution in [0.3, 0.4) is 0 Å². The molecule has 0 amide bonds. The van der Waals surface area contributed by atoms with Crippen LogP contribution < -0.4 is 0 Å². The van der Waals surface area contributed by atoms with Crippen LogP contribution in [0.5, 0.6) is 0 Å². The minimum Gasteiger partial charge on any atom is -0.0654 e. The van der Waals surface area contributed by atoms with Crippen molar-refractivity contribution < 1.29 is 0 Å². The predicted molar refractivity (Wildman–Crippen MR) is 66.0 cm³/mol. The Morgan fingerprint density at radius 1 is 1.07 bits per heavy atom. The summed E-state index contributed by atoms with van der Waals surface area (Å²) in [5.41, 5.74) is 1.57. The van der Waals surface area contributed by atoms with E-state index >= 15 is 0 Å². The summed E-state index contributed by atoms with van der Waals surface area (Å²) >= 11 is 0. The van der Waals surface area contributed by atoms with E-state index in [0.29, 0.717) is 0 Å². The van der Waals surface area contributed by atoms with Gasteiger partial charge in [-0.15, -0.1) is 0 Å². The van der Waals surface area contributed by atoms with Crippen molar-refractivity contribution in [1.29, 1.82) is 0 Å². The van der Waals surface area contributed by atoms with Crippen LogP contribution in [0.1, 0.15) is 56.9 Å². The number of rotatable bonds is 6. The Morgan fingerprint density at radius 3 is 2.60 bits per heavy atom. The van der Waals surface area contributed by atoms with Crippen molar-refractivity contribution in [3.63, 3.8) is 0 Å². The Labute approximate surface area is 93.7 Å². The minimum atomic E-state index is 0.896. The van der Waals surface area contributed by atoms with Crippen LogP contribution in [0, 0.1) is 5.92 Å². The number of hydrogen-bond acceptors (Lipinski definition) is 0. The van der Waals surface area contributed by atoms with Gasteiger partial charge in [0.2, 0.25) is 0 Å². The summed E-state index contributed by atoms with van der Waals surface area (Å²) in [5.74, 6) is 1.90. The molecular weight excluding hydrogens is 180 g/mol. The lowest BCUT2D eigenvalue weighted by molar-refractivity contribution is 0.589. The van der Waals surface area contributed by atoms with Crippen LogP contribution in [0.2, 0.25) is 0 Å². The number of benzene rings is 1. The molecule has 1 aromatic rings. The van der Waals surface area contributed by atoms with Gasteiger partial charge in [0.05, 0.1) is 0 Å². The molecular formula is C15H22. The average molecular weight is 202 g/mol. The van der Waals surface area contributed by atoms with E-state index < -0.39 is 0 Å². The monoisotopic (exact) mass is 202 g/mol. The molecule has 2 atom stereocenters. The van der Waals surface area contributed by atoms with E-state index in [4.69, 9.17) is 0 Å². The third kappa shape index (κ3) is 3.09. The molecule has 0 N–H and O–H groups in total. The highest BCUT2D eigenvalue weighted by atomic mass is 14.4. The van der Waals surface area contributed by atoms with Crippen molar-refractivity contribution >= 4 is 0 Å². The lowest BCUT2D eigenvalue weighted by Crippen LogP contribution is -1.84. The summed E-state index contributed by atoms with van der Waals surface area (Å²) in [7, 11) is 0. The first-order chi connectivity index (χ1) is 7.42. The summed E-state index contributed by atoms with van der Waals surface area (Å²) in [6.07, 6.45) is 8.56. The molecule has 2 rings (SSSR count). The van der Waals surface area contributed by atoms with Gasteiger partial charge in [0.1, 0.15) is 0 Å². The van der Waals surface area contributed by atoms with Crippen LogP contribution in [-0.4, -0.2) is 0 Å². The van der Waals surface area contributed by atoms with E-state index in [1.807, 2.05) is 0 Å². The second-order valence-electron chi connectivity index (χ2n) is 4.86. The summed E-state index contributed by atoms with van der Waals surface area (Å²) in [5, 5.41) is 0. The van der Waals surface area contributed by atoms with Crippen molar-refractivity contribution in [2.45, 2.75) is 51.4 Å². The zero-order valence-corrected chi connectivity index (χ0v) is 9.78. The Bertz CT molecular complexity index is 275. The van der Waals surface area contributed by atoms with Gasteiger partial charge in [-0.05, 0) is 30.2 Å². The molecule has 0 bridgehead atoms.